The molecule has 5 nitrogen and oxygen atoms in total. The maximum atomic E-state index is 13.6. The van der Waals surface area contributed by atoms with E-state index in [2.05, 4.69) is 15.9 Å². The molecule has 0 saturated heterocycles. The molecule has 4 rings (SSSR count). The van der Waals surface area contributed by atoms with Crippen molar-refractivity contribution in [3.8, 4) is 5.75 Å². The normalized spacial score (nSPS) is 27.1. The van der Waals surface area contributed by atoms with Crippen LogP contribution in [0.1, 0.15) is 31.4 Å². The van der Waals surface area contributed by atoms with Crippen LogP contribution in [0, 0.1) is 0 Å². The highest BCUT2D eigenvalue weighted by molar-refractivity contribution is 9.10. The zero-order valence-corrected chi connectivity index (χ0v) is 17.3. The molecule has 0 fully saturated rings. The Balaban J connectivity index is 2.01. The van der Waals surface area contributed by atoms with Gasteiger partial charge in [-0.1, -0.05) is 46.3 Å². The molecule has 2 aliphatic heterocycles. The second kappa shape index (κ2) is 6.09. The largest absolute Gasteiger partial charge is 0.482 e. The van der Waals surface area contributed by atoms with Crippen molar-refractivity contribution < 1.29 is 14.1 Å². The number of rotatable bonds is 2. The zero-order chi connectivity index (χ0) is 19.4. The highest BCUT2D eigenvalue weighted by atomic mass is 79.9. The Bertz CT molecular complexity index is 959. The van der Waals surface area contributed by atoms with E-state index in [0.29, 0.717) is 24.7 Å². The molecule has 2 N–H and O–H groups in total. The Hall–Kier alpha value is -2.34. The summed E-state index contributed by atoms with van der Waals surface area (Å²) in [5, 5.41) is 0. The monoisotopic (exact) mass is 428 g/mol. The highest BCUT2D eigenvalue weighted by Crippen LogP contribution is 2.52. The number of carbonyl (C=O) groups is 1. The van der Waals surface area contributed by atoms with Gasteiger partial charge in [0.25, 0.3) is 0 Å². The summed E-state index contributed by atoms with van der Waals surface area (Å²) in [6.07, 6.45) is 0.477. The van der Waals surface area contributed by atoms with E-state index in [4.69, 9.17) is 10.5 Å². The van der Waals surface area contributed by atoms with Gasteiger partial charge in [-0.3, -0.25) is 10.5 Å². The second-order valence-corrected chi connectivity index (χ2v) is 8.26. The predicted octanol–water partition coefficient (Wildman–Crippen LogP) is 3.16. The minimum Gasteiger partial charge on any atom is -0.482 e. The number of hydrogen-bond donors (Lipinski definition) is 1. The molecule has 2 aromatic carbocycles. The molecule has 2 aliphatic rings. The van der Waals surface area contributed by atoms with E-state index in [1.165, 1.54) is 0 Å². The van der Waals surface area contributed by atoms with Crippen molar-refractivity contribution in [3.05, 3.63) is 64.1 Å². The average Bonchev–Trinajstić information content (AvgIpc) is 2.84. The minimum atomic E-state index is -0.893. The van der Waals surface area contributed by atoms with Gasteiger partial charge in [-0.25, -0.2) is 9.48 Å². The van der Waals surface area contributed by atoms with Crippen LogP contribution in [0.15, 0.2) is 53.0 Å². The van der Waals surface area contributed by atoms with Crippen molar-refractivity contribution in [2.24, 2.45) is 5.73 Å². The number of amides is 1. The van der Waals surface area contributed by atoms with Crippen molar-refractivity contribution in [2.45, 2.75) is 31.4 Å². The quantitative estimate of drug-likeness (QED) is 0.747. The van der Waals surface area contributed by atoms with Crippen LogP contribution >= 0.6 is 15.9 Å². The highest BCUT2D eigenvalue weighted by Gasteiger charge is 2.63. The fraction of sp³-hybridized carbons (Fsp3) is 0.333. The minimum absolute atomic E-state index is 0.0216. The molecule has 0 bridgehead atoms. The fourth-order valence-electron chi connectivity index (χ4n) is 4.47. The van der Waals surface area contributed by atoms with Crippen molar-refractivity contribution in [1.82, 2.24) is 4.90 Å². The van der Waals surface area contributed by atoms with Crippen LogP contribution in [0.4, 0.5) is 0 Å². The molecule has 1 spiro atoms. The zero-order valence-electron chi connectivity index (χ0n) is 15.7. The Kier molecular flexibility index (Phi) is 4.07. The van der Waals surface area contributed by atoms with Gasteiger partial charge in [0, 0.05) is 16.5 Å². The predicted molar refractivity (Wildman–Crippen MR) is 108 cm³/mol. The van der Waals surface area contributed by atoms with Crippen LogP contribution in [-0.4, -0.2) is 34.9 Å². The molecular weight excluding hydrogens is 406 g/mol. The molecule has 6 heteroatoms. The molecule has 0 saturated carbocycles. The lowest BCUT2D eigenvalue weighted by molar-refractivity contribution is -0.600. The van der Waals surface area contributed by atoms with Crippen LogP contribution in [0.3, 0.4) is 0 Å². The molecule has 27 heavy (non-hydrogen) atoms. The van der Waals surface area contributed by atoms with E-state index in [1.807, 2.05) is 67.0 Å². The maximum absolute atomic E-state index is 13.6. The summed E-state index contributed by atoms with van der Waals surface area (Å²) in [7, 11) is 1.74. The summed E-state index contributed by atoms with van der Waals surface area (Å²) in [6.45, 7) is 4.69. The molecule has 140 valence electrons. The molecule has 2 atom stereocenters. The summed E-state index contributed by atoms with van der Waals surface area (Å²) in [5.41, 5.74) is 6.69. The molecule has 2 unspecified atom stereocenters. The van der Waals surface area contributed by atoms with Crippen LogP contribution < -0.4 is 10.5 Å². The number of fused-ring (bicyclic) bond motifs is 2. The lowest BCUT2D eigenvalue weighted by Gasteiger charge is -2.44. The summed E-state index contributed by atoms with van der Waals surface area (Å²) in [4.78, 5) is 15.1. The van der Waals surface area contributed by atoms with E-state index in [1.54, 1.807) is 11.9 Å². The molecular formula is C21H23BrN3O2+. The topological polar surface area (TPSA) is 58.6 Å². The molecule has 0 aliphatic carbocycles. The third-order valence-electron chi connectivity index (χ3n) is 5.76. The Morgan fingerprint density at radius 2 is 1.96 bits per heavy atom. The molecule has 2 heterocycles. The van der Waals surface area contributed by atoms with E-state index in [0.717, 1.165) is 15.6 Å². The van der Waals surface area contributed by atoms with Gasteiger partial charge in [0.2, 0.25) is 5.54 Å². The van der Waals surface area contributed by atoms with E-state index >= 15 is 0 Å². The van der Waals surface area contributed by atoms with Crippen molar-refractivity contribution >= 4 is 27.8 Å². The van der Waals surface area contributed by atoms with Gasteiger partial charge in [0.15, 0.2) is 0 Å². The smallest absolute Gasteiger partial charge is 0.354 e. The standard InChI is InChI=1S/C21H22BrN3O2/c1-4-25-19(23)24(3)18(26)21(25)13-20(2,14-8-6-5-7-9-14)27-17-11-10-15(22)12-16(17)21/h5-12,23H,4,13H2,1-3H3/p+1. The first-order valence-electron chi connectivity index (χ1n) is 9.06. The number of nitrogens with two attached hydrogens (primary N) is 1. The number of ether oxygens (including phenoxy) is 1. The molecule has 0 aromatic heterocycles. The summed E-state index contributed by atoms with van der Waals surface area (Å²) in [5.74, 6) is 1.17. The number of guanidine groups is 1. The second-order valence-electron chi connectivity index (χ2n) is 7.34. The fourth-order valence-corrected chi connectivity index (χ4v) is 4.83. The van der Waals surface area contributed by atoms with Crippen molar-refractivity contribution in [2.75, 3.05) is 13.6 Å². The van der Waals surface area contributed by atoms with Gasteiger partial charge in [0.1, 0.15) is 11.4 Å². The van der Waals surface area contributed by atoms with Gasteiger partial charge in [-0.15, -0.1) is 0 Å². The van der Waals surface area contributed by atoms with Crippen molar-refractivity contribution in [1.29, 1.82) is 0 Å². The number of carbonyl (C=O) groups excluding carboxylic acids is 1. The first-order chi connectivity index (χ1) is 12.8. The van der Waals surface area contributed by atoms with E-state index in [9.17, 15) is 4.79 Å². The summed E-state index contributed by atoms with van der Waals surface area (Å²) >= 11 is 3.55. The van der Waals surface area contributed by atoms with Gasteiger partial charge >= 0.3 is 11.9 Å². The molecule has 0 radical (unpaired) electrons. The van der Waals surface area contributed by atoms with E-state index in [-0.39, 0.29) is 5.91 Å². The summed E-state index contributed by atoms with van der Waals surface area (Å²) in [6, 6.07) is 15.9. The van der Waals surface area contributed by atoms with E-state index < -0.39 is 11.1 Å². The number of likely N-dealkylation sites (N-methyl/N-ethyl adjacent to an activating group) is 2. The Morgan fingerprint density at radius 3 is 2.63 bits per heavy atom. The van der Waals surface area contributed by atoms with Crippen LogP contribution in [0.5, 0.6) is 5.75 Å². The van der Waals surface area contributed by atoms with Gasteiger partial charge in [-0.05, 0) is 37.6 Å². The lowest BCUT2D eigenvalue weighted by atomic mass is 9.73. The third kappa shape index (κ3) is 2.42. The maximum Gasteiger partial charge on any atom is 0.354 e. The van der Waals surface area contributed by atoms with Crippen LogP contribution in [0.2, 0.25) is 0 Å². The Morgan fingerprint density at radius 1 is 1.26 bits per heavy atom. The third-order valence-corrected chi connectivity index (χ3v) is 6.25. The number of nitrogens with zero attached hydrogens (tertiary/aromatic N) is 2. The molecule has 1 amide bonds. The number of halogens is 1. The SMILES string of the molecule is CC[N+]1=C(N)N(C)C(=O)C12CC(C)(c1ccccc1)Oc1ccc(Br)cc12. The van der Waals surface area contributed by atoms with Crippen LogP contribution in [0.25, 0.3) is 0 Å². The molecule has 2 aromatic rings. The van der Waals surface area contributed by atoms with Gasteiger partial charge in [0.05, 0.1) is 13.6 Å². The van der Waals surface area contributed by atoms with Gasteiger partial charge < -0.3 is 4.74 Å². The van der Waals surface area contributed by atoms with Gasteiger partial charge in [-0.2, -0.15) is 0 Å². The van der Waals surface area contributed by atoms with Crippen molar-refractivity contribution in [3.63, 3.8) is 0 Å². The first kappa shape index (κ1) is 18.0. The average molecular weight is 429 g/mol. The van der Waals surface area contributed by atoms with Crippen LogP contribution in [-0.2, 0) is 15.9 Å². The summed E-state index contributed by atoms with van der Waals surface area (Å²) < 4.78 is 9.40. The number of hydrogen-bond acceptors (Lipinski definition) is 3. The number of benzene rings is 2. The Labute approximate surface area is 167 Å². The lowest BCUT2D eigenvalue weighted by Crippen LogP contribution is -2.53. The first-order valence-corrected chi connectivity index (χ1v) is 9.85.